The Balaban J connectivity index is 2.07. The van der Waals surface area contributed by atoms with Gasteiger partial charge in [-0.2, -0.15) is 0 Å². The molecule has 0 heterocycles. The molecular weight excluding hydrogens is 226 g/mol. The topological polar surface area (TPSA) is 49.3 Å². The van der Waals surface area contributed by atoms with Crippen LogP contribution in [-0.4, -0.2) is 17.6 Å². The van der Waals surface area contributed by atoms with Crippen LogP contribution in [0.25, 0.3) is 0 Å². The lowest BCUT2D eigenvalue weighted by molar-refractivity contribution is -0.122. The van der Waals surface area contributed by atoms with E-state index in [0.717, 1.165) is 18.5 Å². The van der Waals surface area contributed by atoms with E-state index in [9.17, 15) is 9.90 Å². The highest BCUT2D eigenvalue weighted by Gasteiger charge is 2.21. The van der Waals surface area contributed by atoms with E-state index in [1.54, 1.807) is 0 Å². The number of hydrogen-bond donors (Lipinski definition) is 2. The molecular formula is C15H21NO2. The van der Waals surface area contributed by atoms with Gasteiger partial charge in [0, 0.05) is 5.69 Å². The zero-order valence-electron chi connectivity index (χ0n) is 11.1. The predicted molar refractivity (Wildman–Crippen MR) is 72.5 cm³/mol. The van der Waals surface area contributed by atoms with Gasteiger partial charge in [-0.3, -0.25) is 4.79 Å². The van der Waals surface area contributed by atoms with Crippen LogP contribution in [0.2, 0.25) is 0 Å². The van der Waals surface area contributed by atoms with E-state index < -0.39 is 0 Å². The van der Waals surface area contributed by atoms with Gasteiger partial charge >= 0.3 is 0 Å². The molecule has 1 aromatic carbocycles. The summed E-state index contributed by atoms with van der Waals surface area (Å²) in [5.41, 5.74) is 3.59. The molecule has 3 heteroatoms. The minimum absolute atomic E-state index is 0.0922. The van der Waals surface area contributed by atoms with Crippen molar-refractivity contribution in [1.29, 1.82) is 0 Å². The molecule has 0 saturated carbocycles. The first-order valence-corrected chi connectivity index (χ1v) is 6.65. The molecule has 1 unspecified atom stereocenters. The first-order chi connectivity index (χ1) is 8.61. The van der Waals surface area contributed by atoms with Crippen LogP contribution in [-0.2, 0) is 17.6 Å². The van der Waals surface area contributed by atoms with Gasteiger partial charge < -0.3 is 10.4 Å². The van der Waals surface area contributed by atoms with Gasteiger partial charge in [-0.15, -0.1) is 0 Å². The average Bonchev–Trinajstić information content (AvgIpc) is 2.76. The number of aliphatic hydroxyl groups is 1. The molecule has 18 heavy (non-hydrogen) atoms. The molecule has 98 valence electrons. The molecule has 3 nitrogen and oxygen atoms in total. The van der Waals surface area contributed by atoms with Gasteiger partial charge in [0.2, 0.25) is 5.91 Å². The Morgan fingerprint density at radius 1 is 1.33 bits per heavy atom. The third-order valence-electron chi connectivity index (χ3n) is 3.70. The molecule has 0 aromatic heterocycles. The Morgan fingerprint density at radius 3 is 2.72 bits per heavy atom. The van der Waals surface area contributed by atoms with Gasteiger partial charge in [-0.05, 0) is 48.4 Å². The van der Waals surface area contributed by atoms with Crippen LogP contribution in [0.3, 0.4) is 0 Å². The number of anilines is 1. The molecule has 0 radical (unpaired) electrons. The summed E-state index contributed by atoms with van der Waals surface area (Å²) in [6, 6.07) is 6.12. The number of fused-ring (bicyclic) bond motifs is 1. The summed E-state index contributed by atoms with van der Waals surface area (Å²) in [5, 5.41) is 12.1. The maximum absolute atomic E-state index is 12.0. The van der Waals surface area contributed by atoms with E-state index in [0.29, 0.717) is 0 Å². The number of benzene rings is 1. The number of carbonyl (C=O) groups is 1. The van der Waals surface area contributed by atoms with Crippen molar-refractivity contribution in [1.82, 2.24) is 0 Å². The highest BCUT2D eigenvalue weighted by molar-refractivity contribution is 5.92. The Morgan fingerprint density at radius 2 is 2.06 bits per heavy atom. The largest absolute Gasteiger partial charge is 0.396 e. The summed E-state index contributed by atoms with van der Waals surface area (Å²) in [6.45, 7) is 3.79. The van der Waals surface area contributed by atoms with Crippen molar-refractivity contribution in [3.63, 3.8) is 0 Å². The maximum atomic E-state index is 12.0. The van der Waals surface area contributed by atoms with Crippen molar-refractivity contribution in [3.05, 3.63) is 29.3 Å². The molecule has 2 rings (SSSR count). The van der Waals surface area contributed by atoms with E-state index in [4.69, 9.17) is 0 Å². The molecule has 0 fully saturated rings. The van der Waals surface area contributed by atoms with Crippen LogP contribution in [0, 0.1) is 11.8 Å². The molecule has 1 aliphatic rings. The van der Waals surface area contributed by atoms with E-state index in [2.05, 4.69) is 17.4 Å². The van der Waals surface area contributed by atoms with Crippen molar-refractivity contribution in [3.8, 4) is 0 Å². The van der Waals surface area contributed by atoms with Crippen LogP contribution >= 0.6 is 0 Å². The molecule has 1 amide bonds. The van der Waals surface area contributed by atoms with Crippen molar-refractivity contribution >= 4 is 11.6 Å². The van der Waals surface area contributed by atoms with Crippen molar-refractivity contribution in [2.24, 2.45) is 11.8 Å². The highest BCUT2D eigenvalue weighted by atomic mass is 16.3. The number of carbonyl (C=O) groups excluding carboxylic acids is 1. The normalized spacial score (nSPS) is 15.6. The average molecular weight is 247 g/mol. The first kappa shape index (κ1) is 13.1. The predicted octanol–water partition coefficient (Wildman–Crippen LogP) is 2.38. The SMILES string of the molecule is CC(C)C(CO)C(=O)Nc1ccc2c(c1)CCC2. The second kappa shape index (κ2) is 5.53. The maximum Gasteiger partial charge on any atom is 0.230 e. The molecule has 2 N–H and O–H groups in total. The van der Waals surface area contributed by atoms with E-state index in [1.165, 1.54) is 17.5 Å². The molecule has 0 aliphatic heterocycles. The summed E-state index contributed by atoms with van der Waals surface area (Å²) in [5.74, 6) is -0.284. The first-order valence-electron chi connectivity index (χ1n) is 6.65. The molecule has 0 bridgehead atoms. The Bertz CT molecular complexity index is 440. The van der Waals surface area contributed by atoms with Crippen LogP contribution in [0.4, 0.5) is 5.69 Å². The van der Waals surface area contributed by atoms with E-state index in [1.807, 2.05) is 19.9 Å². The monoisotopic (exact) mass is 247 g/mol. The third kappa shape index (κ3) is 2.72. The Kier molecular flexibility index (Phi) is 4.02. The van der Waals surface area contributed by atoms with Crippen molar-refractivity contribution in [2.75, 3.05) is 11.9 Å². The van der Waals surface area contributed by atoms with Crippen LogP contribution in [0.15, 0.2) is 18.2 Å². The second-order valence-corrected chi connectivity index (χ2v) is 5.36. The Hall–Kier alpha value is -1.35. The van der Waals surface area contributed by atoms with Gasteiger partial charge in [0.1, 0.15) is 0 Å². The zero-order chi connectivity index (χ0) is 13.1. The van der Waals surface area contributed by atoms with Gasteiger partial charge in [0.15, 0.2) is 0 Å². The molecule has 0 saturated heterocycles. The van der Waals surface area contributed by atoms with Gasteiger partial charge in [0.25, 0.3) is 0 Å². The third-order valence-corrected chi connectivity index (χ3v) is 3.70. The van der Waals surface area contributed by atoms with Crippen molar-refractivity contribution in [2.45, 2.75) is 33.1 Å². The van der Waals surface area contributed by atoms with Crippen LogP contribution < -0.4 is 5.32 Å². The number of nitrogens with one attached hydrogen (secondary N) is 1. The number of hydrogen-bond acceptors (Lipinski definition) is 2. The van der Waals surface area contributed by atoms with Gasteiger partial charge in [-0.25, -0.2) is 0 Å². The number of rotatable bonds is 4. The molecule has 1 aromatic rings. The minimum atomic E-state index is -0.335. The summed E-state index contributed by atoms with van der Waals surface area (Å²) in [6.07, 6.45) is 3.46. The standard InChI is InChI=1S/C15H21NO2/c1-10(2)14(9-17)15(18)16-13-7-6-11-4-3-5-12(11)8-13/h6-8,10,14,17H,3-5,9H2,1-2H3,(H,16,18). The smallest absolute Gasteiger partial charge is 0.230 e. The summed E-state index contributed by atoms with van der Waals surface area (Å²) in [4.78, 5) is 12.0. The molecule has 1 atom stereocenters. The lowest BCUT2D eigenvalue weighted by atomic mass is 9.96. The summed E-state index contributed by atoms with van der Waals surface area (Å²) >= 11 is 0. The molecule has 1 aliphatic carbocycles. The number of aliphatic hydroxyl groups excluding tert-OH is 1. The fourth-order valence-corrected chi connectivity index (χ4v) is 2.48. The fraction of sp³-hybridized carbons (Fsp3) is 0.533. The highest BCUT2D eigenvalue weighted by Crippen LogP contribution is 2.25. The lowest BCUT2D eigenvalue weighted by Gasteiger charge is -2.18. The quantitative estimate of drug-likeness (QED) is 0.858. The zero-order valence-corrected chi connectivity index (χ0v) is 11.1. The number of aryl methyl sites for hydroxylation is 2. The van der Waals surface area contributed by atoms with E-state index >= 15 is 0 Å². The van der Waals surface area contributed by atoms with Gasteiger partial charge in [-0.1, -0.05) is 19.9 Å². The minimum Gasteiger partial charge on any atom is -0.396 e. The summed E-state index contributed by atoms with van der Waals surface area (Å²) < 4.78 is 0. The summed E-state index contributed by atoms with van der Waals surface area (Å²) in [7, 11) is 0. The fourth-order valence-electron chi connectivity index (χ4n) is 2.48. The Labute approximate surface area is 108 Å². The van der Waals surface area contributed by atoms with Crippen LogP contribution in [0.5, 0.6) is 0 Å². The molecule has 0 spiro atoms. The second-order valence-electron chi connectivity index (χ2n) is 5.36. The lowest BCUT2D eigenvalue weighted by Crippen LogP contribution is -2.29. The number of amides is 1. The van der Waals surface area contributed by atoms with Crippen LogP contribution in [0.1, 0.15) is 31.4 Å². The van der Waals surface area contributed by atoms with Crippen molar-refractivity contribution < 1.29 is 9.90 Å². The van der Waals surface area contributed by atoms with E-state index in [-0.39, 0.29) is 24.3 Å². The van der Waals surface area contributed by atoms with Gasteiger partial charge in [0.05, 0.1) is 12.5 Å².